The van der Waals surface area contributed by atoms with Crippen LogP contribution in [-0.2, 0) is 9.59 Å². The number of hydrogen-bond donors (Lipinski definition) is 2. The van der Waals surface area contributed by atoms with E-state index in [1.165, 1.54) is 0 Å². The average Bonchev–Trinajstić information content (AvgIpc) is 3.30. The Balaban J connectivity index is 1.62. The van der Waals surface area contributed by atoms with Crippen LogP contribution < -0.4 is 10.6 Å². The largest absolute Gasteiger partial charge is 0.345 e. The highest BCUT2D eigenvalue weighted by Gasteiger charge is 2.19. The van der Waals surface area contributed by atoms with E-state index in [1.807, 2.05) is 35.2 Å². The molecule has 0 fully saturated rings. The van der Waals surface area contributed by atoms with E-state index in [1.54, 1.807) is 46.5 Å². The number of aromatic nitrogens is 2. The summed E-state index contributed by atoms with van der Waals surface area (Å²) in [5.41, 5.74) is 1.62. The third kappa shape index (κ3) is 3.88. The fourth-order valence-electron chi connectivity index (χ4n) is 2.27. The second-order valence-corrected chi connectivity index (χ2v) is 5.87. The molecule has 0 radical (unpaired) electrons. The van der Waals surface area contributed by atoms with E-state index in [0.717, 1.165) is 5.56 Å². The van der Waals surface area contributed by atoms with Gasteiger partial charge in [0.2, 0.25) is 0 Å². The maximum atomic E-state index is 12.0. The van der Waals surface area contributed by atoms with Gasteiger partial charge in [-0.25, -0.2) is 0 Å². The number of thiophene rings is 1. The molecule has 2 amide bonds. The molecule has 7 heteroatoms. The van der Waals surface area contributed by atoms with Gasteiger partial charge in [0.15, 0.2) is 0 Å². The van der Waals surface area contributed by atoms with Gasteiger partial charge in [0.05, 0.1) is 6.04 Å². The Morgan fingerprint density at radius 1 is 1.12 bits per heavy atom. The normalized spacial score (nSPS) is 11.7. The van der Waals surface area contributed by atoms with Crippen LogP contribution in [0.4, 0.5) is 5.69 Å². The Kier molecular flexibility index (Phi) is 5.02. The molecule has 0 saturated carbocycles. The number of nitrogens with zero attached hydrogens (tertiary/aromatic N) is 2. The van der Waals surface area contributed by atoms with E-state index in [9.17, 15) is 9.59 Å². The predicted octanol–water partition coefficient (Wildman–Crippen LogP) is 2.29. The molecule has 3 rings (SSSR count). The van der Waals surface area contributed by atoms with Crippen molar-refractivity contribution in [3.8, 4) is 0 Å². The Hall–Kier alpha value is -2.93. The van der Waals surface area contributed by atoms with Crippen LogP contribution in [0.1, 0.15) is 11.6 Å². The molecule has 0 aliphatic heterocycles. The maximum Gasteiger partial charge on any atom is 0.313 e. The first-order valence-corrected chi connectivity index (χ1v) is 8.34. The van der Waals surface area contributed by atoms with Crippen molar-refractivity contribution in [2.45, 2.75) is 6.04 Å². The molecule has 0 saturated heterocycles. The number of para-hydroxylation sites is 1. The summed E-state index contributed by atoms with van der Waals surface area (Å²) in [6.45, 7) is 0.277. The Morgan fingerprint density at radius 2 is 1.96 bits per heavy atom. The van der Waals surface area contributed by atoms with Crippen LogP contribution in [0.25, 0.3) is 0 Å². The monoisotopic (exact) mass is 340 g/mol. The molecule has 0 aliphatic carbocycles. The van der Waals surface area contributed by atoms with Gasteiger partial charge in [0, 0.05) is 24.6 Å². The van der Waals surface area contributed by atoms with E-state index in [4.69, 9.17) is 0 Å². The van der Waals surface area contributed by atoms with Crippen LogP contribution in [0.3, 0.4) is 0 Å². The zero-order chi connectivity index (χ0) is 16.8. The van der Waals surface area contributed by atoms with Gasteiger partial charge in [-0.2, -0.15) is 16.4 Å². The number of rotatable bonds is 5. The molecule has 0 bridgehead atoms. The topological polar surface area (TPSA) is 76.0 Å². The van der Waals surface area contributed by atoms with E-state index in [-0.39, 0.29) is 12.6 Å². The van der Waals surface area contributed by atoms with Gasteiger partial charge < -0.3 is 10.6 Å². The summed E-state index contributed by atoms with van der Waals surface area (Å²) in [6, 6.07) is 12.5. The summed E-state index contributed by atoms with van der Waals surface area (Å²) in [5, 5.41) is 13.4. The smallest absolute Gasteiger partial charge is 0.313 e. The molecule has 122 valence electrons. The summed E-state index contributed by atoms with van der Waals surface area (Å²) in [4.78, 5) is 24.0. The van der Waals surface area contributed by atoms with Crippen molar-refractivity contribution in [3.05, 3.63) is 71.2 Å². The minimum Gasteiger partial charge on any atom is -0.345 e. The molecule has 2 N–H and O–H groups in total. The number of hydrogen-bond acceptors (Lipinski definition) is 4. The standard InChI is InChI=1S/C17H16N4O2S/c22-16(17(23)20-14-5-2-1-3-6-14)18-11-15(13-7-10-24-12-13)21-9-4-8-19-21/h1-10,12,15H,11H2,(H,18,22)(H,20,23)/t15-/m1/s1. The fourth-order valence-corrected chi connectivity index (χ4v) is 2.98. The second kappa shape index (κ2) is 7.56. The zero-order valence-electron chi connectivity index (χ0n) is 12.8. The highest BCUT2D eigenvalue weighted by Crippen LogP contribution is 2.19. The van der Waals surface area contributed by atoms with Gasteiger partial charge in [0.25, 0.3) is 0 Å². The van der Waals surface area contributed by atoms with Crippen molar-refractivity contribution in [3.63, 3.8) is 0 Å². The zero-order valence-corrected chi connectivity index (χ0v) is 13.6. The summed E-state index contributed by atoms with van der Waals surface area (Å²) in [6.07, 6.45) is 3.52. The second-order valence-electron chi connectivity index (χ2n) is 5.09. The van der Waals surface area contributed by atoms with Crippen LogP contribution in [0.2, 0.25) is 0 Å². The van der Waals surface area contributed by atoms with Crippen molar-refractivity contribution >= 4 is 28.8 Å². The molecule has 24 heavy (non-hydrogen) atoms. The van der Waals surface area contributed by atoms with Gasteiger partial charge in [-0.1, -0.05) is 18.2 Å². The molecule has 0 unspecified atom stereocenters. The van der Waals surface area contributed by atoms with Crippen molar-refractivity contribution in [1.29, 1.82) is 0 Å². The van der Waals surface area contributed by atoms with E-state index in [2.05, 4.69) is 15.7 Å². The Labute approximate surface area is 143 Å². The van der Waals surface area contributed by atoms with Gasteiger partial charge in [0.1, 0.15) is 0 Å². The predicted molar refractivity (Wildman–Crippen MR) is 92.8 cm³/mol. The minimum absolute atomic E-state index is 0.153. The number of carbonyl (C=O) groups is 2. The molecular weight excluding hydrogens is 324 g/mol. The van der Waals surface area contributed by atoms with E-state index >= 15 is 0 Å². The van der Waals surface area contributed by atoms with Crippen LogP contribution >= 0.6 is 11.3 Å². The van der Waals surface area contributed by atoms with Crippen molar-refractivity contribution in [2.75, 3.05) is 11.9 Å². The number of amides is 2. The van der Waals surface area contributed by atoms with Gasteiger partial charge in [-0.05, 0) is 40.6 Å². The molecule has 3 aromatic rings. The van der Waals surface area contributed by atoms with Crippen molar-refractivity contribution in [1.82, 2.24) is 15.1 Å². The highest BCUT2D eigenvalue weighted by molar-refractivity contribution is 7.08. The molecular formula is C17H16N4O2S. The quantitative estimate of drug-likeness (QED) is 0.700. The first kappa shape index (κ1) is 15.9. The third-order valence-corrected chi connectivity index (χ3v) is 4.17. The summed E-state index contributed by atoms with van der Waals surface area (Å²) in [5.74, 6) is -1.36. The van der Waals surface area contributed by atoms with Crippen molar-refractivity contribution < 1.29 is 9.59 Å². The molecule has 0 aliphatic rings. The summed E-state index contributed by atoms with van der Waals surface area (Å²) in [7, 11) is 0. The van der Waals surface area contributed by atoms with Gasteiger partial charge in [-0.3, -0.25) is 14.3 Å². The highest BCUT2D eigenvalue weighted by atomic mass is 32.1. The molecule has 0 spiro atoms. The Morgan fingerprint density at radius 3 is 2.62 bits per heavy atom. The number of benzene rings is 1. The lowest BCUT2D eigenvalue weighted by Crippen LogP contribution is -2.38. The first-order chi connectivity index (χ1) is 11.7. The Bertz CT molecular complexity index is 751. The maximum absolute atomic E-state index is 12.0. The molecule has 2 aromatic heterocycles. The lowest BCUT2D eigenvalue weighted by atomic mass is 10.1. The number of anilines is 1. The van der Waals surface area contributed by atoms with E-state index < -0.39 is 11.8 Å². The summed E-state index contributed by atoms with van der Waals surface area (Å²) >= 11 is 1.57. The number of nitrogens with one attached hydrogen (secondary N) is 2. The van der Waals surface area contributed by atoms with Crippen LogP contribution in [-0.4, -0.2) is 28.1 Å². The molecule has 1 atom stereocenters. The molecule has 1 aromatic carbocycles. The van der Waals surface area contributed by atoms with Gasteiger partial charge >= 0.3 is 11.8 Å². The number of carbonyl (C=O) groups excluding carboxylic acids is 2. The fraction of sp³-hybridized carbons (Fsp3) is 0.118. The van der Waals surface area contributed by atoms with Crippen LogP contribution in [0.5, 0.6) is 0 Å². The average molecular weight is 340 g/mol. The summed E-state index contributed by atoms with van der Waals surface area (Å²) < 4.78 is 1.76. The van der Waals surface area contributed by atoms with E-state index in [0.29, 0.717) is 5.69 Å². The van der Waals surface area contributed by atoms with Crippen molar-refractivity contribution in [2.24, 2.45) is 0 Å². The SMILES string of the molecule is O=C(NC[C@H](c1ccsc1)n1cccn1)C(=O)Nc1ccccc1. The lowest BCUT2D eigenvalue weighted by molar-refractivity contribution is -0.136. The lowest BCUT2D eigenvalue weighted by Gasteiger charge is -2.17. The van der Waals surface area contributed by atoms with Crippen LogP contribution in [0, 0.1) is 0 Å². The van der Waals surface area contributed by atoms with Gasteiger partial charge in [-0.15, -0.1) is 0 Å². The van der Waals surface area contributed by atoms with Crippen LogP contribution in [0.15, 0.2) is 65.6 Å². The molecule has 6 nitrogen and oxygen atoms in total. The first-order valence-electron chi connectivity index (χ1n) is 7.39. The molecule has 2 heterocycles. The minimum atomic E-state index is -0.689. The third-order valence-electron chi connectivity index (χ3n) is 3.47.